The van der Waals surface area contributed by atoms with E-state index in [1.54, 1.807) is 17.0 Å². The van der Waals surface area contributed by atoms with E-state index in [4.69, 9.17) is 4.42 Å². The first-order valence-corrected chi connectivity index (χ1v) is 9.98. The van der Waals surface area contributed by atoms with Crippen LogP contribution in [0.4, 0.5) is 11.4 Å². The molecule has 5 nitrogen and oxygen atoms in total. The van der Waals surface area contributed by atoms with E-state index in [0.29, 0.717) is 17.9 Å². The summed E-state index contributed by atoms with van der Waals surface area (Å²) in [7, 11) is 0. The van der Waals surface area contributed by atoms with Crippen molar-refractivity contribution in [1.82, 2.24) is 0 Å². The van der Waals surface area contributed by atoms with Crippen LogP contribution in [0.1, 0.15) is 32.9 Å². The Labute approximate surface area is 173 Å². The molecule has 30 heavy (non-hydrogen) atoms. The van der Waals surface area contributed by atoms with Gasteiger partial charge < -0.3 is 14.6 Å². The number of nitrogens with one attached hydrogen (secondary N) is 1. The summed E-state index contributed by atoms with van der Waals surface area (Å²) in [6.45, 7) is 0.647. The second-order valence-electron chi connectivity index (χ2n) is 7.36. The molecule has 0 unspecified atom stereocenters. The van der Waals surface area contributed by atoms with Crippen molar-refractivity contribution in [3.63, 3.8) is 0 Å². The van der Waals surface area contributed by atoms with Gasteiger partial charge in [-0.3, -0.25) is 9.59 Å². The molecule has 0 aliphatic carbocycles. The van der Waals surface area contributed by atoms with Crippen LogP contribution in [0.15, 0.2) is 83.5 Å². The molecule has 5 heteroatoms. The number of carbonyl (C=O) groups excluding carboxylic acids is 2. The summed E-state index contributed by atoms with van der Waals surface area (Å²) in [6, 6.07) is 22.7. The number of aryl methyl sites for hydroxylation is 1. The van der Waals surface area contributed by atoms with E-state index in [0.717, 1.165) is 40.6 Å². The van der Waals surface area contributed by atoms with Crippen molar-refractivity contribution in [2.75, 3.05) is 16.8 Å². The van der Waals surface area contributed by atoms with Gasteiger partial charge in [0.25, 0.3) is 11.8 Å². The minimum absolute atomic E-state index is 0.145. The molecule has 2 amide bonds. The zero-order chi connectivity index (χ0) is 20.5. The Balaban J connectivity index is 1.42. The molecule has 0 radical (unpaired) electrons. The van der Waals surface area contributed by atoms with E-state index in [1.807, 2.05) is 60.7 Å². The molecule has 5 rings (SSSR count). The summed E-state index contributed by atoms with van der Waals surface area (Å²) in [6.07, 6.45) is 3.22. The zero-order valence-corrected chi connectivity index (χ0v) is 16.3. The number of benzene rings is 3. The van der Waals surface area contributed by atoms with Crippen molar-refractivity contribution in [2.24, 2.45) is 0 Å². The van der Waals surface area contributed by atoms with E-state index in [9.17, 15) is 9.59 Å². The van der Waals surface area contributed by atoms with Crippen LogP contribution in [0, 0.1) is 0 Å². The van der Waals surface area contributed by atoms with Crippen LogP contribution in [0.5, 0.6) is 0 Å². The summed E-state index contributed by atoms with van der Waals surface area (Å²) >= 11 is 0. The van der Waals surface area contributed by atoms with Gasteiger partial charge >= 0.3 is 0 Å². The van der Waals surface area contributed by atoms with Gasteiger partial charge in [0, 0.05) is 23.5 Å². The maximum Gasteiger partial charge on any atom is 0.293 e. The Bertz CT molecular complexity index is 1240. The Kier molecular flexibility index (Phi) is 4.56. The molecule has 0 spiro atoms. The predicted molar refractivity (Wildman–Crippen MR) is 117 cm³/mol. The van der Waals surface area contributed by atoms with Gasteiger partial charge in [0.2, 0.25) is 0 Å². The highest BCUT2D eigenvalue weighted by Gasteiger charge is 2.25. The first-order valence-electron chi connectivity index (χ1n) is 9.98. The topological polar surface area (TPSA) is 62.6 Å². The minimum atomic E-state index is -0.147. The maximum atomic E-state index is 12.9. The average Bonchev–Trinajstić information content (AvgIpc) is 3.32. The Hall–Kier alpha value is -3.86. The van der Waals surface area contributed by atoms with Crippen molar-refractivity contribution < 1.29 is 14.0 Å². The second-order valence-corrected chi connectivity index (χ2v) is 7.36. The number of furan rings is 1. The van der Waals surface area contributed by atoms with Crippen LogP contribution < -0.4 is 10.2 Å². The van der Waals surface area contributed by atoms with Gasteiger partial charge in [-0.1, -0.05) is 36.4 Å². The van der Waals surface area contributed by atoms with Crippen molar-refractivity contribution >= 4 is 34.0 Å². The van der Waals surface area contributed by atoms with Crippen LogP contribution in [0.2, 0.25) is 0 Å². The number of fused-ring (bicyclic) bond motifs is 2. The van der Waals surface area contributed by atoms with Gasteiger partial charge in [0.1, 0.15) is 0 Å². The molecule has 0 fully saturated rings. The second kappa shape index (κ2) is 7.52. The average molecular weight is 396 g/mol. The quantitative estimate of drug-likeness (QED) is 0.513. The predicted octanol–water partition coefficient (Wildman–Crippen LogP) is 5.28. The standard InChI is InChI=1S/C25H20N2O3/c28-24(21-10-3-7-17-6-1-2-9-20(17)21)26-19-12-13-22-18(16-19)8-4-14-27(22)25(29)23-11-5-15-30-23/h1-3,5-7,9-13,15-16H,4,8,14H2,(H,26,28). The number of hydrogen-bond donors (Lipinski definition) is 1. The van der Waals surface area contributed by atoms with Crippen molar-refractivity contribution in [3.05, 3.63) is 95.9 Å². The molecule has 3 aromatic carbocycles. The molecule has 0 bridgehead atoms. The Morgan fingerprint density at radius 3 is 2.67 bits per heavy atom. The van der Waals surface area contributed by atoms with E-state index in [-0.39, 0.29) is 11.8 Å². The van der Waals surface area contributed by atoms with Gasteiger partial charge in [-0.15, -0.1) is 0 Å². The lowest BCUT2D eigenvalue weighted by Gasteiger charge is -2.29. The fraction of sp³-hybridized carbons (Fsp3) is 0.120. The minimum Gasteiger partial charge on any atom is -0.459 e. The fourth-order valence-corrected chi connectivity index (χ4v) is 4.04. The number of anilines is 2. The van der Waals surface area contributed by atoms with Crippen LogP contribution in [0.25, 0.3) is 10.8 Å². The third kappa shape index (κ3) is 3.24. The summed E-state index contributed by atoms with van der Waals surface area (Å²) in [5, 5.41) is 4.96. The number of hydrogen-bond acceptors (Lipinski definition) is 3. The first-order chi connectivity index (χ1) is 14.7. The Morgan fingerprint density at radius 1 is 0.933 bits per heavy atom. The summed E-state index contributed by atoms with van der Waals surface area (Å²) < 4.78 is 5.28. The molecular formula is C25H20N2O3. The van der Waals surface area contributed by atoms with Gasteiger partial charge in [-0.25, -0.2) is 0 Å². The zero-order valence-electron chi connectivity index (χ0n) is 16.3. The Morgan fingerprint density at radius 2 is 1.80 bits per heavy atom. The maximum absolute atomic E-state index is 12.9. The molecular weight excluding hydrogens is 376 g/mol. The number of amides is 2. The SMILES string of the molecule is O=C(Nc1ccc2c(c1)CCCN2C(=O)c1ccco1)c1cccc2ccccc12. The number of rotatable bonds is 3. The van der Waals surface area contributed by atoms with Crippen molar-refractivity contribution in [2.45, 2.75) is 12.8 Å². The first kappa shape index (κ1) is 18.2. The summed E-state index contributed by atoms with van der Waals surface area (Å²) in [4.78, 5) is 27.4. The molecule has 4 aromatic rings. The monoisotopic (exact) mass is 396 g/mol. The normalized spacial score (nSPS) is 13.1. The summed E-state index contributed by atoms with van der Waals surface area (Å²) in [5.74, 6) is 0.0377. The highest BCUT2D eigenvalue weighted by Crippen LogP contribution is 2.31. The van der Waals surface area contributed by atoms with E-state index in [2.05, 4.69) is 5.32 Å². The van der Waals surface area contributed by atoms with Gasteiger partial charge in [-0.2, -0.15) is 0 Å². The molecule has 0 saturated heterocycles. The summed E-state index contributed by atoms with van der Waals surface area (Å²) in [5.41, 5.74) is 3.27. The molecule has 1 aliphatic rings. The van der Waals surface area contributed by atoms with Gasteiger partial charge in [0.05, 0.1) is 6.26 Å². The molecule has 1 N–H and O–H groups in total. The molecule has 0 atom stereocenters. The highest BCUT2D eigenvalue weighted by atomic mass is 16.3. The largest absolute Gasteiger partial charge is 0.459 e. The highest BCUT2D eigenvalue weighted by molar-refractivity contribution is 6.13. The number of carbonyl (C=O) groups is 2. The van der Waals surface area contributed by atoms with Crippen LogP contribution >= 0.6 is 0 Å². The van der Waals surface area contributed by atoms with Gasteiger partial charge in [0.15, 0.2) is 5.76 Å². The smallest absolute Gasteiger partial charge is 0.293 e. The van der Waals surface area contributed by atoms with Crippen LogP contribution in [0.3, 0.4) is 0 Å². The lowest BCUT2D eigenvalue weighted by molar-refractivity contribution is 0.0957. The third-order valence-electron chi connectivity index (χ3n) is 5.47. The van der Waals surface area contributed by atoms with E-state index < -0.39 is 0 Å². The number of nitrogens with zero attached hydrogens (tertiary/aromatic N) is 1. The third-order valence-corrected chi connectivity index (χ3v) is 5.47. The van der Waals surface area contributed by atoms with Crippen LogP contribution in [-0.2, 0) is 6.42 Å². The van der Waals surface area contributed by atoms with Crippen molar-refractivity contribution in [3.8, 4) is 0 Å². The molecule has 148 valence electrons. The molecule has 1 aliphatic heterocycles. The lowest BCUT2D eigenvalue weighted by atomic mass is 10.00. The molecule has 0 saturated carbocycles. The lowest BCUT2D eigenvalue weighted by Crippen LogP contribution is -2.35. The van der Waals surface area contributed by atoms with Gasteiger partial charge in [-0.05, 0) is 65.6 Å². The molecule has 2 heterocycles. The van der Waals surface area contributed by atoms with Crippen LogP contribution in [-0.4, -0.2) is 18.4 Å². The molecule has 1 aromatic heterocycles. The van der Waals surface area contributed by atoms with Crippen molar-refractivity contribution in [1.29, 1.82) is 0 Å². The fourth-order valence-electron chi connectivity index (χ4n) is 4.04. The van der Waals surface area contributed by atoms with E-state index >= 15 is 0 Å². The van der Waals surface area contributed by atoms with E-state index in [1.165, 1.54) is 6.26 Å².